The minimum absolute atomic E-state index is 0.953. The van der Waals surface area contributed by atoms with E-state index in [1.807, 2.05) is 0 Å². The number of halogens is 2. The molecule has 1 saturated carbocycles. The number of rotatable bonds is 0. The Kier molecular flexibility index (Phi) is 2.87. The van der Waals surface area contributed by atoms with E-state index in [9.17, 15) is 0 Å². The van der Waals surface area contributed by atoms with Gasteiger partial charge in [-0.2, -0.15) is 0 Å². The van der Waals surface area contributed by atoms with Gasteiger partial charge < -0.3 is 0 Å². The maximum Gasteiger partial charge on any atom is 0.0146 e. The summed E-state index contributed by atoms with van der Waals surface area (Å²) in [5.41, 5.74) is 0. The van der Waals surface area contributed by atoms with Crippen LogP contribution in [-0.4, -0.2) is 7.85 Å². The second kappa shape index (κ2) is 3.03. The van der Waals surface area contributed by atoms with E-state index in [-0.39, 0.29) is 0 Å². The van der Waals surface area contributed by atoms with Gasteiger partial charge in [-0.1, -0.05) is 52.1 Å². The van der Waals surface area contributed by atoms with E-state index in [0.29, 0.717) is 0 Å². The second-order valence-corrected chi connectivity index (χ2v) is 5.67. The average molecular weight is 336 g/mol. The van der Waals surface area contributed by atoms with Crippen LogP contribution in [0.15, 0.2) is 0 Å². The van der Waals surface area contributed by atoms with Gasteiger partial charge in [0.1, 0.15) is 0 Å². The molecule has 48 valence electrons. The summed E-state index contributed by atoms with van der Waals surface area (Å²) in [5, 5.41) is 0. The van der Waals surface area contributed by atoms with Crippen molar-refractivity contribution >= 4 is 45.2 Å². The molecule has 1 rings (SSSR count). The Bertz CT molecular complexity index is 72.6. The lowest BCUT2D eigenvalue weighted by Crippen LogP contribution is -2.08. The highest BCUT2D eigenvalue weighted by Crippen LogP contribution is 2.36. The Morgan fingerprint density at radius 1 is 1.12 bits per heavy atom. The van der Waals surface area contributed by atoms with Crippen molar-refractivity contribution in [1.82, 2.24) is 0 Å². The molecule has 8 heavy (non-hydrogen) atoms. The first-order valence-electron chi connectivity index (χ1n) is 3.00. The second-order valence-electron chi connectivity index (χ2n) is 2.47. The van der Waals surface area contributed by atoms with E-state index in [4.69, 9.17) is 0 Å². The molecule has 0 radical (unpaired) electrons. The van der Waals surface area contributed by atoms with Gasteiger partial charge >= 0.3 is 0 Å². The highest BCUT2D eigenvalue weighted by Gasteiger charge is 2.28. The van der Waals surface area contributed by atoms with E-state index in [1.54, 1.807) is 0 Å². The molecule has 0 heterocycles. The molecule has 0 bridgehead atoms. The fourth-order valence-electron chi connectivity index (χ4n) is 1.07. The molecule has 1 unspecified atom stereocenters. The summed E-state index contributed by atoms with van der Waals surface area (Å²) in [6.45, 7) is 2.36. The zero-order valence-corrected chi connectivity index (χ0v) is 9.22. The largest absolute Gasteiger partial charge is 0.0823 e. The maximum atomic E-state index is 2.57. The SMILES string of the molecule is CC1[C@H](I)CC[C@@H]1I. The van der Waals surface area contributed by atoms with Crippen molar-refractivity contribution in [3.63, 3.8) is 0 Å². The maximum absolute atomic E-state index is 2.57. The Labute approximate surface area is 78.1 Å². The molecule has 2 heteroatoms. The highest BCUT2D eigenvalue weighted by atomic mass is 127. The van der Waals surface area contributed by atoms with E-state index < -0.39 is 0 Å². The number of hydrogen-bond donors (Lipinski definition) is 0. The van der Waals surface area contributed by atoms with Gasteiger partial charge in [-0.25, -0.2) is 0 Å². The van der Waals surface area contributed by atoms with Crippen LogP contribution in [-0.2, 0) is 0 Å². The smallest absolute Gasteiger partial charge is 0.0146 e. The van der Waals surface area contributed by atoms with Gasteiger partial charge in [-0.05, 0) is 18.8 Å². The van der Waals surface area contributed by atoms with E-state index >= 15 is 0 Å². The van der Waals surface area contributed by atoms with Gasteiger partial charge in [-0.15, -0.1) is 0 Å². The molecule has 0 aromatic rings. The normalized spacial score (nSPS) is 47.6. The molecule has 1 aliphatic rings. The predicted octanol–water partition coefficient (Wildman–Crippen LogP) is 3.02. The Morgan fingerprint density at radius 2 is 1.50 bits per heavy atom. The summed E-state index contributed by atoms with van der Waals surface area (Å²) >= 11 is 5.14. The fourth-order valence-corrected chi connectivity index (χ4v) is 3.59. The summed E-state index contributed by atoms with van der Waals surface area (Å²) in [4.78, 5) is 0. The first-order chi connectivity index (χ1) is 3.72. The van der Waals surface area contributed by atoms with Crippen LogP contribution < -0.4 is 0 Å². The molecular formula is C6H10I2. The lowest BCUT2D eigenvalue weighted by molar-refractivity contribution is 0.668. The van der Waals surface area contributed by atoms with Crippen LogP contribution in [0.5, 0.6) is 0 Å². The van der Waals surface area contributed by atoms with Gasteiger partial charge in [0.2, 0.25) is 0 Å². The fraction of sp³-hybridized carbons (Fsp3) is 1.00. The molecule has 1 fully saturated rings. The van der Waals surface area contributed by atoms with Gasteiger partial charge in [0.15, 0.2) is 0 Å². The quantitative estimate of drug-likeness (QED) is 0.471. The minimum atomic E-state index is 0.953. The Balaban J connectivity index is 2.44. The van der Waals surface area contributed by atoms with Gasteiger partial charge in [0.05, 0.1) is 0 Å². The van der Waals surface area contributed by atoms with Crippen LogP contribution in [0.1, 0.15) is 19.8 Å². The first-order valence-corrected chi connectivity index (χ1v) is 5.49. The molecule has 3 atom stereocenters. The van der Waals surface area contributed by atoms with E-state index in [2.05, 4.69) is 52.1 Å². The molecule has 0 N–H and O–H groups in total. The first kappa shape index (κ1) is 7.57. The molecule has 1 aliphatic carbocycles. The average Bonchev–Trinajstić information content (AvgIpc) is 1.98. The van der Waals surface area contributed by atoms with Gasteiger partial charge in [-0.3, -0.25) is 0 Å². The van der Waals surface area contributed by atoms with Crippen molar-refractivity contribution in [3.8, 4) is 0 Å². The lowest BCUT2D eigenvalue weighted by Gasteiger charge is -2.08. The third-order valence-electron chi connectivity index (χ3n) is 1.86. The Hall–Kier alpha value is 1.46. The molecule has 0 amide bonds. The van der Waals surface area contributed by atoms with Crippen LogP contribution in [0, 0.1) is 5.92 Å². The summed E-state index contributed by atoms with van der Waals surface area (Å²) in [5.74, 6) is 0.955. The summed E-state index contributed by atoms with van der Waals surface area (Å²) < 4.78 is 1.91. The monoisotopic (exact) mass is 336 g/mol. The highest BCUT2D eigenvalue weighted by molar-refractivity contribution is 14.1. The van der Waals surface area contributed by atoms with Crippen LogP contribution in [0.25, 0.3) is 0 Å². The summed E-state index contributed by atoms with van der Waals surface area (Å²) in [6, 6.07) is 0. The van der Waals surface area contributed by atoms with Crippen molar-refractivity contribution in [3.05, 3.63) is 0 Å². The van der Waals surface area contributed by atoms with E-state index in [0.717, 1.165) is 13.8 Å². The third-order valence-corrected chi connectivity index (χ3v) is 5.37. The van der Waals surface area contributed by atoms with E-state index in [1.165, 1.54) is 12.8 Å². The standard InChI is InChI=1S/C6H10I2/c1-4-5(7)2-3-6(4)8/h4-6H,2-3H2,1H3/t4?,5-,6+. The van der Waals surface area contributed by atoms with Crippen LogP contribution in [0.4, 0.5) is 0 Å². The minimum Gasteiger partial charge on any atom is -0.0823 e. The Morgan fingerprint density at radius 3 is 1.62 bits per heavy atom. The van der Waals surface area contributed by atoms with Crippen molar-refractivity contribution in [2.75, 3.05) is 0 Å². The van der Waals surface area contributed by atoms with Gasteiger partial charge in [0, 0.05) is 7.85 Å². The van der Waals surface area contributed by atoms with Crippen LogP contribution in [0.3, 0.4) is 0 Å². The van der Waals surface area contributed by atoms with Crippen molar-refractivity contribution in [2.24, 2.45) is 5.92 Å². The summed E-state index contributed by atoms with van der Waals surface area (Å²) in [7, 11) is 0. The molecule has 0 aliphatic heterocycles. The van der Waals surface area contributed by atoms with Crippen molar-refractivity contribution < 1.29 is 0 Å². The lowest BCUT2D eigenvalue weighted by atomic mass is 10.1. The number of hydrogen-bond acceptors (Lipinski definition) is 0. The molecule has 0 spiro atoms. The number of alkyl halides is 2. The van der Waals surface area contributed by atoms with Crippen LogP contribution in [0.2, 0.25) is 0 Å². The zero-order chi connectivity index (χ0) is 6.15. The van der Waals surface area contributed by atoms with Gasteiger partial charge in [0.25, 0.3) is 0 Å². The third kappa shape index (κ3) is 1.49. The molecule has 0 aromatic heterocycles. The van der Waals surface area contributed by atoms with Crippen molar-refractivity contribution in [2.45, 2.75) is 27.6 Å². The molecule has 0 nitrogen and oxygen atoms in total. The predicted molar refractivity (Wildman–Crippen MR) is 54.0 cm³/mol. The van der Waals surface area contributed by atoms with Crippen molar-refractivity contribution in [1.29, 1.82) is 0 Å². The van der Waals surface area contributed by atoms with Crippen LogP contribution >= 0.6 is 45.2 Å². The molecule has 0 aromatic carbocycles. The topological polar surface area (TPSA) is 0 Å². The molecular weight excluding hydrogens is 326 g/mol. The summed E-state index contributed by atoms with van der Waals surface area (Å²) in [6.07, 6.45) is 2.88. The zero-order valence-electron chi connectivity index (χ0n) is 4.90. The molecule has 0 saturated heterocycles.